The van der Waals surface area contributed by atoms with Crippen LogP contribution in [0.3, 0.4) is 0 Å². The van der Waals surface area contributed by atoms with Gasteiger partial charge in [0.15, 0.2) is 6.23 Å². The van der Waals surface area contributed by atoms with Crippen LogP contribution in [0, 0.1) is 0 Å². The number of nitrogens with zero attached hydrogens (tertiary/aromatic N) is 5. The molecule has 0 radical (unpaired) electrons. The van der Waals surface area contributed by atoms with Gasteiger partial charge in [0.25, 0.3) is 5.91 Å². The summed E-state index contributed by atoms with van der Waals surface area (Å²) in [5.41, 5.74) is 7.75. The van der Waals surface area contributed by atoms with Gasteiger partial charge in [-0.15, -0.1) is 0 Å². The van der Waals surface area contributed by atoms with Crippen LogP contribution < -0.4 is 16.0 Å². The van der Waals surface area contributed by atoms with Crippen molar-refractivity contribution in [3.05, 3.63) is 47.3 Å². The number of carbonyl (C=O) groups is 1. The highest BCUT2D eigenvalue weighted by molar-refractivity contribution is 9.10. The zero-order valence-electron chi connectivity index (χ0n) is 18.0. The number of nitrogen functional groups attached to an aromatic ring is 1. The Balaban J connectivity index is 1.21. The number of fused-ring (bicyclic) bond motifs is 2. The third-order valence-electron chi connectivity index (χ3n) is 6.34. The summed E-state index contributed by atoms with van der Waals surface area (Å²) in [4.78, 5) is 28.1. The Morgan fingerprint density at radius 2 is 2.06 bits per heavy atom. The molecule has 2 fully saturated rings. The number of halogens is 2. The highest BCUT2D eigenvalue weighted by atomic mass is 79.9. The van der Waals surface area contributed by atoms with E-state index in [1.807, 2.05) is 24.3 Å². The van der Waals surface area contributed by atoms with Crippen molar-refractivity contribution < 1.29 is 13.9 Å². The predicted molar refractivity (Wildman–Crippen MR) is 130 cm³/mol. The molecule has 0 saturated carbocycles. The van der Waals surface area contributed by atoms with Gasteiger partial charge in [-0.1, -0.05) is 6.07 Å². The number of nitrogens with two attached hydrogens (primary N) is 1. The van der Waals surface area contributed by atoms with E-state index < -0.39 is 24.4 Å². The van der Waals surface area contributed by atoms with Crippen LogP contribution in [0.25, 0.3) is 21.9 Å². The van der Waals surface area contributed by atoms with Crippen LogP contribution >= 0.6 is 15.9 Å². The molecule has 1 aromatic carbocycles. The first-order valence-corrected chi connectivity index (χ1v) is 11.8. The van der Waals surface area contributed by atoms with E-state index >= 15 is 0 Å². The van der Waals surface area contributed by atoms with Gasteiger partial charge in [0.05, 0.1) is 10.9 Å². The van der Waals surface area contributed by atoms with Crippen LogP contribution in [0.2, 0.25) is 0 Å². The molecule has 3 atom stereocenters. The Morgan fingerprint density at radius 3 is 2.85 bits per heavy atom. The summed E-state index contributed by atoms with van der Waals surface area (Å²) in [5, 5.41) is 4.41. The Labute approximate surface area is 202 Å². The van der Waals surface area contributed by atoms with E-state index in [1.54, 1.807) is 16.8 Å². The molecule has 2 saturated heterocycles. The van der Waals surface area contributed by atoms with Crippen molar-refractivity contribution in [2.45, 2.75) is 31.3 Å². The summed E-state index contributed by atoms with van der Waals surface area (Å²) in [6, 6.07) is 9.57. The van der Waals surface area contributed by atoms with E-state index in [2.05, 4.69) is 36.1 Å². The molecule has 1 amide bonds. The van der Waals surface area contributed by atoms with Gasteiger partial charge in [0.1, 0.15) is 35.9 Å². The lowest BCUT2D eigenvalue weighted by Gasteiger charge is -2.32. The largest absolute Gasteiger partial charge is 0.383 e. The van der Waals surface area contributed by atoms with Crippen molar-refractivity contribution in [2.75, 3.05) is 29.0 Å². The SMILES string of the molecule is Nc1ncnc2c1c(Br)cn2C1OC(C(=O)Nc2ccc3ccc(N4CCC4)nc3c2)CC1F. The first-order valence-electron chi connectivity index (χ1n) is 11.0. The highest BCUT2D eigenvalue weighted by Crippen LogP contribution is 2.37. The van der Waals surface area contributed by atoms with Gasteiger partial charge in [0.2, 0.25) is 0 Å². The minimum Gasteiger partial charge on any atom is -0.383 e. The maximum atomic E-state index is 15.0. The van der Waals surface area contributed by atoms with E-state index in [0.29, 0.717) is 21.2 Å². The van der Waals surface area contributed by atoms with Crippen LogP contribution in [0.4, 0.5) is 21.7 Å². The molecule has 174 valence electrons. The number of benzene rings is 1. The molecule has 2 aliphatic heterocycles. The van der Waals surface area contributed by atoms with E-state index in [0.717, 1.165) is 29.8 Å². The summed E-state index contributed by atoms with van der Waals surface area (Å²) in [6.07, 6.45) is 0.712. The van der Waals surface area contributed by atoms with Gasteiger partial charge in [-0.3, -0.25) is 4.79 Å². The van der Waals surface area contributed by atoms with Crippen molar-refractivity contribution in [3.63, 3.8) is 0 Å². The third kappa shape index (κ3) is 3.55. The molecule has 9 nitrogen and oxygen atoms in total. The number of alkyl halides is 1. The number of hydrogen-bond donors (Lipinski definition) is 2. The number of pyridine rings is 1. The van der Waals surface area contributed by atoms with Crippen LogP contribution in [0.1, 0.15) is 19.1 Å². The summed E-state index contributed by atoms with van der Waals surface area (Å²) >= 11 is 3.42. The summed E-state index contributed by atoms with van der Waals surface area (Å²) in [5.74, 6) is 0.799. The third-order valence-corrected chi connectivity index (χ3v) is 6.94. The Kier molecular flexibility index (Phi) is 5.10. The zero-order valence-corrected chi connectivity index (χ0v) is 19.6. The predicted octanol–water partition coefficient (Wildman–Crippen LogP) is 3.80. The Hall–Kier alpha value is -3.31. The molecule has 4 aromatic rings. The van der Waals surface area contributed by atoms with Crippen LogP contribution in [0.5, 0.6) is 0 Å². The molecule has 3 N–H and O–H groups in total. The van der Waals surface area contributed by atoms with Crippen molar-refractivity contribution in [1.82, 2.24) is 19.5 Å². The lowest BCUT2D eigenvalue weighted by Crippen LogP contribution is -2.37. The van der Waals surface area contributed by atoms with Gasteiger partial charge in [-0.2, -0.15) is 0 Å². The molecule has 5 heterocycles. The molecular weight excluding hydrogens is 505 g/mol. The molecule has 0 aliphatic carbocycles. The topological polar surface area (TPSA) is 111 Å². The van der Waals surface area contributed by atoms with Crippen molar-refractivity contribution >= 4 is 61.1 Å². The minimum absolute atomic E-state index is 0.0701. The minimum atomic E-state index is -1.40. The second-order valence-electron chi connectivity index (χ2n) is 8.52. The van der Waals surface area contributed by atoms with Gasteiger partial charge in [-0.25, -0.2) is 19.3 Å². The lowest BCUT2D eigenvalue weighted by molar-refractivity contribution is -0.128. The summed E-state index contributed by atoms with van der Waals surface area (Å²) < 4.78 is 23.0. The molecule has 11 heteroatoms. The zero-order chi connectivity index (χ0) is 23.4. The van der Waals surface area contributed by atoms with Crippen molar-refractivity contribution in [2.24, 2.45) is 0 Å². The quantitative estimate of drug-likeness (QED) is 0.416. The standard InChI is InChI=1S/C23H21BrFN7O2/c24-14-10-32(21-19(14)20(26)27-11-28-21)23-15(25)9-17(34-23)22(33)29-13-4-2-12-3-5-18(30-16(12)8-13)31-6-1-7-31/h2-5,8,10-11,15,17,23H,1,6-7,9H2,(H,29,33)(H2,26,27,28). The fourth-order valence-electron chi connectivity index (χ4n) is 4.42. The second kappa shape index (κ2) is 8.17. The number of nitrogens with one attached hydrogen (secondary N) is 1. The van der Waals surface area contributed by atoms with Gasteiger partial charge in [-0.05, 0) is 46.6 Å². The van der Waals surface area contributed by atoms with Crippen molar-refractivity contribution in [3.8, 4) is 0 Å². The van der Waals surface area contributed by atoms with Gasteiger partial charge < -0.3 is 25.3 Å². The average molecular weight is 526 g/mol. The smallest absolute Gasteiger partial charge is 0.253 e. The maximum absolute atomic E-state index is 15.0. The molecule has 0 bridgehead atoms. The Morgan fingerprint density at radius 1 is 1.24 bits per heavy atom. The number of rotatable bonds is 4. The molecule has 34 heavy (non-hydrogen) atoms. The lowest BCUT2D eigenvalue weighted by atomic mass is 10.1. The number of ether oxygens (including phenoxy) is 1. The van der Waals surface area contributed by atoms with E-state index in [-0.39, 0.29) is 12.2 Å². The van der Waals surface area contributed by atoms with Crippen molar-refractivity contribution in [1.29, 1.82) is 0 Å². The average Bonchev–Trinajstić information content (AvgIpc) is 3.33. The van der Waals surface area contributed by atoms with Gasteiger partial charge in [0, 0.05) is 41.3 Å². The second-order valence-corrected chi connectivity index (χ2v) is 9.37. The monoisotopic (exact) mass is 525 g/mol. The Bertz CT molecular complexity index is 1420. The molecule has 0 spiro atoms. The number of anilines is 3. The fourth-order valence-corrected chi connectivity index (χ4v) is 5.02. The van der Waals surface area contributed by atoms with Crippen LogP contribution in [0.15, 0.2) is 47.3 Å². The number of aromatic nitrogens is 4. The van der Waals surface area contributed by atoms with Crippen LogP contribution in [-0.2, 0) is 9.53 Å². The molecule has 2 aliphatic rings. The number of hydrogen-bond acceptors (Lipinski definition) is 7. The normalized spacial score (nSPS) is 22.3. The van der Waals surface area contributed by atoms with E-state index in [9.17, 15) is 9.18 Å². The highest BCUT2D eigenvalue weighted by Gasteiger charge is 2.41. The molecule has 6 rings (SSSR count). The fraction of sp³-hybridized carbons (Fsp3) is 0.304. The maximum Gasteiger partial charge on any atom is 0.253 e. The summed E-state index contributed by atoms with van der Waals surface area (Å²) in [7, 11) is 0. The van der Waals surface area contributed by atoms with Crippen LogP contribution in [-0.4, -0.2) is 50.8 Å². The van der Waals surface area contributed by atoms with E-state index in [4.69, 9.17) is 15.5 Å². The number of amides is 1. The first-order chi connectivity index (χ1) is 16.5. The van der Waals surface area contributed by atoms with Gasteiger partial charge >= 0.3 is 0 Å². The molecule has 3 aromatic heterocycles. The summed E-state index contributed by atoms with van der Waals surface area (Å²) in [6.45, 7) is 2.01. The first kappa shape index (κ1) is 21.2. The molecule has 3 unspecified atom stereocenters. The molecular formula is C23H21BrFN7O2. The number of carbonyl (C=O) groups excluding carboxylic acids is 1. The van der Waals surface area contributed by atoms with E-state index in [1.165, 1.54) is 12.7 Å².